The molecule has 0 atom stereocenters. The Morgan fingerprint density at radius 1 is 1.28 bits per heavy atom. The maximum absolute atomic E-state index is 5.81. The van der Waals surface area contributed by atoms with E-state index < -0.39 is 0 Å². The summed E-state index contributed by atoms with van der Waals surface area (Å²) in [6, 6.07) is 4.37. The van der Waals surface area contributed by atoms with Crippen LogP contribution in [0.15, 0.2) is 12.1 Å². The molecule has 98 valence electrons. The van der Waals surface area contributed by atoms with Gasteiger partial charge >= 0.3 is 0 Å². The van der Waals surface area contributed by atoms with Crippen molar-refractivity contribution in [2.75, 3.05) is 13.2 Å². The molecule has 0 fully saturated rings. The Labute approximate surface area is 111 Å². The van der Waals surface area contributed by atoms with Gasteiger partial charge in [0.25, 0.3) is 0 Å². The van der Waals surface area contributed by atoms with E-state index in [1.807, 2.05) is 0 Å². The third kappa shape index (κ3) is 4.43. The van der Waals surface area contributed by atoms with Crippen LogP contribution in [0.3, 0.4) is 0 Å². The van der Waals surface area contributed by atoms with Crippen molar-refractivity contribution in [3.05, 3.63) is 28.8 Å². The molecule has 0 spiro atoms. The zero-order valence-corrected chi connectivity index (χ0v) is 11.7. The van der Waals surface area contributed by atoms with E-state index in [9.17, 15) is 0 Å². The van der Waals surface area contributed by atoms with Gasteiger partial charge < -0.3 is 10.1 Å². The molecule has 0 aromatic heterocycles. The van der Waals surface area contributed by atoms with Crippen LogP contribution in [0.1, 0.15) is 36.5 Å². The van der Waals surface area contributed by atoms with Gasteiger partial charge in [-0.3, -0.25) is 0 Å². The fourth-order valence-electron chi connectivity index (χ4n) is 1.99. The highest BCUT2D eigenvalue weighted by molar-refractivity contribution is 5.43. The molecular weight excluding hydrogens is 222 g/mol. The molecule has 1 N–H and O–H groups in total. The monoisotopic (exact) mass is 245 g/mol. The quantitative estimate of drug-likeness (QED) is 0.588. The van der Waals surface area contributed by atoms with Crippen molar-refractivity contribution in [3.63, 3.8) is 0 Å². The second-order valence-electron chi connectivity index (χ2n) is 4.50. The molecule has 0 bridgehead atoms. The van der Waals surface area contributed by atoms with Crippen molar-refractivity contribution < 1.29 is 4.74 Å². The van der Waals surface area contributed by atoms with Crippen LogP contribution in [0.4, 0.5) is 0 Å². The van der Waals surface area contributed by atoms with Crippen molar-refractivity contribution in [3.8, 4) is 18.1 Å². The highest BCUT2D eigenvalue weighted by atomic mass is 16.5. The van der Waals surface area contributed by atoms with Crippen LogP contribution in [-0.2, 0) is 6.54 Å². The summed E-state index contributed by atoms with van der Waals surface area (Å²) in [6.45, 7) is 8.90. The Morgan fingerprint density at radius 2 is 1.94 bits per heavy atom. The summed E-state index contributed by atoms with van der Waals surface area (Å²) < 4.78 is 5.81. The van der Waals surface area contributed by atoms with E-state index in [-0.39, 0.29) is 0 Å². The van der Waals surface area contributed by atoms with E-state index in [4.69, 9.17) is 11.2 Å². The largest absolute Gasteiger partial charge is 0.493 e. The highest BCUT2D eigenvalue weighted by Gasteiger charge is 2.06. The third-order valence-electron chi connectivity index (χ3n) is 2.81. The number of ether oxygens (including phenoxy) is 1. The Kier molecular flexibility index (Phi) is 6.32. The third-order valence-corrected chi connectivity index (χ3v) is 2.81. The molecule has 0 aliphatic carbocycles. The van der Waals surface area contributed by atoms with Gasteiger partial charge in [-0.25, -0.2) is 0 Å². The summed E-state index contributed by atoms with van der Waals surface area (Å²) >= 11 is 0. The SMILES string of the molecule is C#CCCCOc1c(C)cc(CNCC)cc1C. The fourth-order valence-corrected chi connectivity index (χ4v) is 1.99. The lowest BCUT2D eigenvalue weighted by Gasteiger charge is -2.14. The molecule has 1 aromatic carbocycles. The Bertz CT molecular complexity index is 395. The van der Waals surface area contributed by atoms with Crippen molar-refractivity contribution in [2.45, 2.75) is 40.2 Å². The normalized spacial score (nSPS) is 10.1. The number of terminal acetylenes is 1. The molecule has 0 radical (unpaired) electrons. The number of unbranched alkanes of at least 4 members (excludes halogenated alkanes) is 1. The maximum Gasteiger partial charge on any atom is 0.125 e. The van der Waals surface area contributed by atoms with E-state index in [1.165, 1.54) is 16.7 Å². The van der Waals surface area contributed by atoms with Crippen LogP contribution in [0.2, 0.25) is 0 Å². The van der Waals surface area contributed by atoms with Crippen LogP contribution in [0, 0.1) is 26.2 Å². The van der Waals surface area contributed by atoms with Crippen molar-refractivity contribution in [1.82, 2.24) is 5.32 Å². The van der Waals surface area contributed by atoms with Crippen LogP contribution in [0.5, 0.6) is 5.75 Å². The number of hydrogen-bond donors (Lipinski definition) is 1. The smallest absolute Gasteiger partial charge is 0.125 e. The highest BCUT2D eigenvalue weighted by Crippen LogP contribution is 2.25. The molecule has 1 aromatic rings. The average Bonchev–Trinajstić information content (AvgIpc) is 2.34. The molecule has 2 heteroatoms. The van der Waals surface area contributed by atoms with Crippen LogP contribution in [-0.4, -0.2) is 13.2 Å². The number of benzene rings is 1. The Hall–Kier alpha value is -1.46. The van der Waals surface area contributed by atoms with Gasteiger partial charge in [-0.15, -0.1) is 12.3 Å². The number of hydrogen-bond acceptors (Lipinski definition) is 2. The Balaban J connectivity index is 2.66. The molecule has 0 aliphatic rings. The van der Waals surface area contributed by atoms with Crippen LogP contribution >= 0.6 is 0 Å². The summed E-state index contributed by atoms with van der Waals surface area (Å²) in [6.07, 6.45) is 6.91. The molecule has 1 rings (SSSR count). The standard InChI is InChI=1S/C16H23NO/c1-5-7-8-9-18-16-13(3)10-15(11-14(16)4)12-17-6-2/h1,10-11,17H,6-9,12H2,2-4H3. The molecule has 0 unspecified atom stereocenters. The first kappa shape index (κ1) is 14.6. The summed E-state index contributed by atoms with van der Waals surface area (Å²) in [7, 11) is 0. The second-order valence-corrected chi connectivity index (χ2v) is 4.50. The van der Waals surface area contributed by atoms with E-state index in [0.717, 1.165) is 31.7 Å². The van der Waals surface area contributed by atoms with E-state index in [2.05, 4.69) is 44.1 Å². The zero-order valence-electron chi connectivity index (χ0n) is 11.7. The van der Waals surface area contributed by atoms with Crippen molar-refractivity contribution >= 4 is 0 Å². The molecule has 0 saturated carbocycles. The summed E-state index contributed by atoms with van der Waals surface area (Å²) in [4.78, 5) is 0. The van der Waals surface area contributed by atoms with Gasteiger partial charge in [0.1, 0.15) is 5.75 Å². The summed E-state index contributed by atoms with van der Waals surface area (Å²) in [5.41, 5.74) is 3.70. The van der Waals surface area contributed by atoms with Crippen LogP contribution in [0.25, 0.3) is 0 Å². The van der Waals surface area contributed by atoms with Crippen LogP contribution < -0.4 is 10.1 Å². The number of nitrogens with one attached hydrogen (secondary N) is 1. The second kappa shape index (κ2) is 7.79. The first-order valence-electron chi connectivity index (χ1n) is 6.56. The van der Waals surface area contributed by atoms with Gasteiger partial charge in [-0.1, -0.05) is 19.1 Å². The molecule has 0 heterocycles. The maximum atomic E-state index is 5.81. The van der Waals surface area contributed by atoms with Crippen molar-refractivity contribution in [2.24, 2.45) is 0 Å². The van der Waals surface area contributed by atoms with Gasteiger partial charge in [-0.05, 0) is 43.5 Å². The van der Waals surface area contributed by atoms with Gasteiger partial charge in [0.2, 0.25) is 0 Å². The van der Waals surface area contributed by atoms with Gasteiger partial charge in [0, 0.05) is 13.0 Å². The summed E-state index contributed by atoms with van der Waals surface area (Å²) in [5, 5.41) is 3.34. The van der Waals surface area contributed by atoms with Crippen molar-refractivity contribution in [1.29, 1.82) is 0 Å². The average molecular weight is 245 g/mol. The molecule has 2 nitrogen and oxygen atoms in total. The van der Waals surface area contributed by atoms with Gasteiger partial charge in [-0.2, -0.15) is 0 Å². The number of aryl methyl sites for hydroxylation is 2. The van der Waals surface area contributed by atoms with E-state index in [0.29, 0.717) is 6.61 Å². The molecule has 18 heavy (non-hydrogen) atoms. The molecule has 0 amide bonds. The van der Waals surface area contributed by atoms with Gasteiger partial charge in [0.05, 0.1) is 6.61 Å². The van der Waals surface area contributed by atoms with E-state index in [1.54, 1.807) is 0 Å². The van der Waals surface area contributed by atoms with Gasteiger partial charge in [0.15, 0.2) is 0 Å². The first-order valence-corrected chi connectivity index (χ1v) is 6.56. The summed E-state index contributed by atoms with van der Waals surface area (Å²) in [5.74, 6) is 3.63. The molecule has 0 aliphatic heterocycles. The number of rotatable bonds is 7. The predicted octanol–water partition coefficient (Wildman–Crippen LogP) is 3.21. The minimum absolute atomic E-state index is 0.693. The topological polar surface area (TPSA) is 21.3 Å². The molecule has 0 saturated heterocycles. The predicted molar refractivity (Wildman–Crippen MR) is 76.9 cm³/mol. The molecular formula is C16H23NO. The lowest BCUT2D eigenvalue weighted by atomic mass is 10.1. The minimum Gasteiger partial charge on any atom is -0.493 e. The fraction of sp³-hybridized carbons (Fsp3) is 0.500. The first-order chi connectivity index (χ1) is 8.69. The lowest BCUT2D eigenvalue weighted by Crippen LogP contribution is -2.12. The lowest BCUT2D eigenvalue weighted by molar-refractivity contribution is 0.308. The Morgan fingerprint density at radius 3 is 2.50 bits per heavy atom. The van der Waals surface area contributed by atoms with E-state index >= 15 is 0 Å². The zero-order chi connectivity index (χ0) is 13.4. The minimum atomic E-state index is 0.693.